The summed E-state index contributed by atoms with van der Waals surface area (Å²) >= 11 is 0. The number of nitrogens with one attached hydrogen (secondary N) is 1. The largest absolute Gasteiger partial charge is 0.472 e. The first-order chi connectivity index (χ1) is 10.1. The molecule has 2 aliphatic heterocycles. The van der Waals surface area contributed by atoms with Gasteiger partial charge in [0.25, 0.3) is 0 Å². The maximum absolute atomic E-state index is 12.0. The highest BCUT2D eigenvalue weighted by molar-refractivity contribution is 5.87. The average molecular weight is 291 g/mol. The molecule has 2 amide bonds. The second-order valence-electron chi connectivity index (χ2n) is 5.95. The zero-order chi connectivity index (χ0) is 15.0. The lowest BCUT2D eigenvalue weighted by molar-refractivity contribution is -0.138. The fraction of sp³-hybridized carbons (Fsp3) is 0.600. The van der Waals surface area contributed by atoms with Gasteiger partial charge in [-0.1, -0.05) is 0 Å². The summed E-state index contributed by atoms with van der Waals surface area (Å²) in [5.41, 5.74) is 1.15. The van der Waals surface area contributed by atoms with Crippen molar-refractivity contribution in [3.63, 3.8) is 0 Å². The number of likely N-dealkylation sites (N-methyl/N-ethyl adjacent to an activating group) is 1. The Balaban J connectivity index is 1.70. The topological polar surface area (TPSA) is 65.8 Å². The molecule has 1 N–H and O–H groups in total. The van der Waals surface area contributed by atoms with Crippen LogP contribution in [0.4, 0.5) is 0 Å². The number of hydrogen-bond acceptors (Lipinski definition) is 4. The van der Waals surface area contributed by atoms with Crippen LogP contribution in [0, 0.1) is 5.92 Å². The Morgan fingerprint density at radius 1 is 1.43 bits per heavy atom. The van der Waals surface area contributed by atoms with Gasteiger partial charge in [0, 0.05) is 45.2 Å². The Morgan fingerprint density at radius 3 is 2.86 bits per heavy atom. The normalized spacial score (nSPS) is 28.7. The summed E-state index contributed by atoms with van der Waals surface area (Å²) in [5, 5.41) is 2.67. The molecule has 0 unspecified atom stereocenters. The van der Waals surface area contributed by atoms with Gasteiger partial charge in [-0.3, -0.25) is 14.5 Å². The molecule has 0 spiro atoms. The number of carbonyl (C=O) groups excluding carboxylic acids is 2. The third-order valence-electron chi connectivity index (χ3n) is 4.60. The van der Waals surface area contributed by atoms with Crippen LogP contribution in [0.25, 0.3) is 0 Å². The minimum absolute atomic E-state index is 0.0127. The number of nitrogens with zero attached hydrogens (tertiary/aromatic N) is 2. The van der Waals surface area contributed by atoms with Gasteiger partial charge in [0.2, 0.25) is 11.8 Å². The average Bonchev–Trinajstić information content (AvgIpc) is 3.12. The van der Waals surface area contributed by atoms with Crippen molar-refractivity contribution < 1.29 is 14.0 Å². The highest BCUT2D eigenvalue weighted by Crippen LogP contribution is 2.36. The molecule has 0 aromatic carbocycles. The van der Waals surface area contributed by atoms with Gasteiger partial charge < -0.3 is 14.6 Å². The van der Waals surface area contributed by atoms with Crippen molar-refractivity contribution in [3.8, 4) is 0 Å². The minimum atomic E-state index is -0.307. The van der Waals surface area contributed by atoms with Gasteiger partial charge in [0.1, 0.15) is 6.04 Å². The number of likely N-dealkylation sites (tertiary alicyclic amines) is 2. The van der Waals surface area contributed by atoms with E-state index in [0.717, 1.165) is 31.6 Å². The zero-order valence-corrected chi connectivity index (χ0v) is 12.4. The SMILES string of the molecule is CNC(=O)[C@@H]1C[C@H]2CN(Cc3ccoc3)C[C@H]2N1C(C)=O. The van der Waals surface area contributed by atoms with E-state index in [1.165, 1.54) is 0 Å². The van der Waals surface area contributed by atoms with Crippen LogP contribution in [0.5, 0.6) is 0 Å². The molecule has 6 nitrogen and oxygen atoms in total. The number of furan rings is 1. The van der Waals surface area contributed by atoms with Gasteiger partial charge in [-0.25, -0.2) is 0 Å². The monoisotopic (exact) mass is 291 g/mol. The van der Waals surface area contributed by atoms with E-state index >= 15 is 0 Å². The summed E-state index contributed by atoms with van der Waals surface area (Å²) in [6.07, 6.45) is 4.19. The minimum Gasteiger partial charge on any atom is -0.472 e. The molecule has 0 radical (unpaired) electrons. The highest BCUT2D eigenvalue weighted by atomic mass is 16.3. The molecule has 0 bridgehead atoms. The van der Waals surface area contributed by atoms with E-state index in [9.17, 15) is 9.59 Å². The maximum atomic E-state index is 12.0. The Bertz CT molecular complexity index is 528. The molecule has 3 rings (SSSR count). The van der Waals surface area contributed by atoms with Gasteiger partial charge in [-0.2, -0.15) is 0 Å². The Morgan fingerprint density at radius 2 is 2.24 bits per heavy atom. The van der Waals surface area contributed by atoms with Crippen LogP contribution in [-0.4, -0.2) is 53.8 Å². The van der Waals surface area contributed by atoms with Crippen molar-refractivity contribution in [2.45, 2.75) is 32.0 Å². The van der Waals surface area contributed by atoms with E-state index in [2.05, 4.69) is 10.2 Å². The number of rotatable bonds is 3. The molecule has 1 aromatic rings. The molecule has 0 aliphatic carbocycles. The molecule has 2 fully saturated rings. The fourth-order valence-corrected chi connectivity index (χ4v) is 3.74. The first-order valence-electron chi connectivity index (χ1n) is 7.34. The van der Waals surface area contributed by atoms with Crippen molar-refractivity contribution >= 4 is 11.8 Å². The third kappa shape index (κ3) is 2.55. The number of carbonyl (C=O) groups is 2. The summed E-state index contributed by atoms with van der Waals surface area (Å²) in [5.74, 6) is 0.311. The summed E-state index contributed by atoms with van der Waals surface area (Å²) in [4.78, 5) is 28.0. The number of hydrogen-bond donors (Lipinski definition) is 1. The summed E-state index contributed by atoms with van der Waals surface area (Å²) in [7, 11) is 1.62. The van der Waals surface area contributed by atoms with Crippen LogP contribution in [0.1, 0.15) is 18.9 Å². The molecule has 1 aromatic heterocycles. The second kappa shape index (κ2) is 5.52. The van der Waals surface area contributed by atoms with Crippen molar-refractivity contribution in [1.82, 2.24) is 15.1 Å². The van der Waals surface area contributed by atoms with Crippen molar-refractivity contribution in [3.05, 3.63) is 24.2 Å². The Kier molecular flexibility index (Phi) is 3.71. The van der Waals surface area contributed by atoms with E-state index in [1.807, 2.05) is 6.07 Å². The second-order valence-corrected chi connectivity index (χ2v) is 5.95. The Labute approximate surface area is 124 Å². The highest BCUT2D eigenvalue weighted by Gasteiger charge is 2.49. The Hall–Kier alpha value is -1.82. The summed E-state index contributed by atoms with van der Waals surface area (Å²) in [6.45, 7) is 4.13. The predicted molar refractivity (Wildman–Crippen MR) is 76.3 cm³/mol. The number of fused-ring (bicyclic) bond motifs is 1. The van der Waals surface area contributed by atoms with Crippen LogP contribution in [0.15, 0.2) is 23.0 Å². The van der Waals surface area contributed by atoms with Gasteiger partial charge in [-0.15, -0.1) is 0 Å². The molecule has 0 saturated carbocycles. The maximum Gasteiger partial charge on any atom is 0.242 e. The lowest BCUT2D eigenvalue weighted by Gasteiger charge is -2.28. The van der Waals surface area contributed by atoms with Crippen LogP contribution < -0.4 is 5.32 Å². The van der Waals surface area contributed by atoms with Crippen LogP contribution >= 0.6 is 0 Å². The van der Waals surface area contributed by atoms with Gasteiger partial charge >= 0.3 is 0 Å². The quantitative estimate of drug-likeness (QED) is 0.878. The van der Waals surface area contributed by atoms with E-state index in [1.54, 1.807) is 31.4 Å². The van der Waals surface area contributed by atoms with E-state index in [-0.39, 0.29) is 23.9 Å². The van der Waals surface area contributed by atoms with Crippen molar-refractivity contribution in [1.29, 1.82) is 0 Å². The zero-order valence-electron chi connectivity index (χ0n) is 12.4. The lowest BCUT2D eigenvalue weighted by atomic mass is 10.0. The van der Waals surface area contributed by atoms with Crippen LogP contribution in [-0.2, 0) is 16.1 Å². The molecule has 114 valence electrons. The predicted octanol–water partition coefficient (Wildman–Crippen LogP) is 0.447. The summed E-state index contributed by atoms with van der Waals surface area (Å²) < 4.78 is 5.10. The van der Waals surface area contributed by atoms with Gasteiger partial charge in [0.15, 0.2) is 0 Å². The lowest BCUT2D eigenvalue weighted by Crippen LogP contribution is -2.49. The van der Waals surface area contributed by atoms with Gasteiger partial charge in [-0.05, 0) is 18.4 Å². The molecule has 21 heavy (non-hydrogen) atoms. The molecule has 2 saturated heterocycles. The first kappa shape index (κ1) is 14.1. The van der Waals surface area contributed by atoms with Gasteiger partial charge in [0.05, 0.1) is 12.5 Å². The number of amides is 2. The smallest absolute Gasteiger partial charge is 0.242 e. The first-order valence-corrected chi connectivity index (χ1v) is 7.34. The molecule has 6 heteroatoms. The molecule has 3 atom stereocenters. The molecular weight excluding hydrogens is 270 g/mol. The van der Waals surface area contributed by atoms with Crippen molar-refractivity contribution in [2.24, 2.45) is 5.92 Å². The summed E-state index contributed by atoms with van der Waals surface area (Å²) in [6, 6.07) is 1.81. The standard InChI is InChI=1S/C15H21N3O3/c1-10(19)18-13(15(20)16-2)5-12-7-17(8-14(12)18)6-11-3-4-21-9-11/h3-4,9,12-14H,5-8H2,1-2H3,(H,16,20)/t12-,13-,14+/m0/s1. The van der Waals surface area contributed by atoms with E-state index < -0.39 is 0 Å². The fourth-order valence-electron chi connectivity index (χ4n) is 3.74. The third-order valence-corrected chi connectivity index (χ3v) is 4.60. The van der Waals surface area contributed by atoms with E-state index in [4.69, 9.17) is 4.42 Å². The molecule has 3 heterocycles. The molecule has 2 aliphatic rings. The van der Waals surface area contributed by atoms with Crippen LogP contribution in [0.3, 0.4) is 0 Å². The van der Waals surface area contributed by atoms with Crippen LogP contribution in [0.2, 0.25) is 0 Å². The molecular formula is C15H21N3O3. The van der Waals surface area contributed by atoms with E-state index in [0.29, 0.717) is 5.92 Å². The van der Waals surface area contributed by atoms with Crippen molar-refractivity contribution in [2.75, 3.05) is 20.1 Å².